The second-order valence-corrected chi connectivity index (χ2v) is 4.12. The molecular formula is C13H15NO4. The van der Waals surface area contributed by atoms with E-state index < -0.39 is 5.97 Å². The Bertz CT molecular complexity index is 470. The molecule has 0 atom stereocenters. The molecule has 0 aromatic heterocycles. The summed E-state index contributed by atoms with van der Waals surface area (Å²) in [6.07, 6.45) is 2.77. The van der Waals surface area contributed by atoms with Crippen LogP contribution in [0.3, 0.4) is 0 Å². The zero-order valence-corrected chi connectivity index (χ0v) is 10.1. The molecule has 0 unspecified atom stereocenters. The van der Waals surface area contributed by atoms with Crippen molar-refractivity contribution >= 4 is 5.97 Å². The lowest BCUT2D eigenvalue weighted by Gasteiger charge is -2.14. The molecule has 0 bridgehead atoms. The lowest BCUT2D eigenvalue weighted by atomic mass is 10.2. The first-order chi connectivity index (χ1) is 8.65. The van der Waals surface area contributed by atoms with Gasteiger partial charge in [0.2, 0.25) is 6.79 Å². The molecule has 0 aliphatic carbocycles. The number of benzene rings is 1. The van der Waals surface area contributed by atoms with Crippen LogP contribution in [0.4, 0.5) is 0 Å². The zero-order valence-electron chi connectivity index (χ0n) is 10.1. The van der Waals surface area contributed by atoms with Crippen LogP contribution in [-0.4, -0.2) is 36.4 Å². The number of rotatable bonds is 5. The second-order valence-electron chi connectivity index (χ2n) is 4.12. The van der Waals surface area contributed by atoms with Gasteiger partial charge in [0.25, 0.3) is 0 Å². The Balaban J connectivity index is 1.91. The first-order valence-corrected chi connectivity index (χ1v) is 5.61. The number of aliphatic carboxylic acids is 1. The van der Waals surface area contributed by atoms with E-state index in [1.165, 1.54) is 0 Å². The Kier molecular flexibility index (Phi) is 3.84. The van der Waals surface area contributed by atoms with E-state index in [-0.39, 0.29) is 6.79 Å². The summed E-state index contributed by atoms with van der Waals surface area (Å²) in [5.74, 6) is 0.612. The molecule has 1 aromatic rings. The van der Waals surface area contributed by atoms with Gasteiger partial charge in [-0.1, -0.05) is 12.1 Å². The van der Waals surface area contributed by atoms with E-state index in [0.29, 0.717) is 6.54 Å². The smallest absolute Gasteiger partial charge is 0.328 e. The van der Waals surface area contributed by atoms with Crippen molar-refractivity contribution in [3.8, 4) is 11.5 Å². The SMILES string of the molecule is CN(C/C=C/C(=O)O)Cc1ccc2c(c1)OCO2. The highest BCUT2D eigenvalue weighted by Gasteiger charge is 2.13. The highest BCUT2D eigenvalue weighted by Crippen LogP contribution is 2.32. The lowest BCUT2D eigenvalue weighted by molar-refractivity contribution is -0.131. The molecule has 5 nitrogen and oxygen atoms in total. The van der Waals surface area contributed by atoms with E-state index in [2.05, 4.69) is 0 Å². The van der Waals surface area contributed by atoms with Crippen LogP contribution in [0.5, 0.6) is 11.5 Å². The first kappa shape index (κ1) is 12.4. The number of hydrogen-bond acceptors (Lipinski definition) is 4. The van der Waals surface area contributed by atoms with Crippen molar-refractivity contribution in [2.45, 2.75) is 6.54 Å². The molecule has 18 heavy (non-hydrogen) atoms. The first-order valence-electron chi connectivity index (χ1n) is 5.61. The number of likely N-dealkylation sites (N-methyl/N-ethyl adjacent to an activating group) is 1. The molecule has 1 heterocycles. The minimum atomic E-state index is -0.925. The predicted molar refractivity (Wildman–Crippen MR) is 65.7 cm³/mol. The molecule has 1 N–H and O–H groups in total. The zero-order chi connectivity index (χ0) is 13.0. The topological polar surface area (TPSA) is 59.0 Å². The van der Waals surface area contributed by atoms with Crippen LogP contribution in [0.2, 0.25) is 0 Å². The van der Waals surface area contributed by atoms with Gasteiger partial charge in [-0.25, -0.2) is 4.79 Å². The van der Waals surface area contributed by atoms with Crippen LogP contribution in [0.25, 0.3) is 0 Å². The second kappa shape index (κ2) is 5.55. The van der Waals surface area contributed by atoms with Crippen molar-refractivity contribution in [2.24, 2.45) is 0 Å². The fourth-order valence-corrected chi connectivity index (χ4v) is 1.75. The summed E-state index contributed by atoms with van der Waals surface area (Å²) in [6.45, 7) is 1.58. The molecular weight excluding hydrogens is 234 g/mol. The summed E-state index contributed by atoms with van der Waals surface area (Å²) in [6, 6.07) is 5.81. The van der Waals surface area contributed by atoms with Gasteiger partial charge in [-0.15, -0.1) is 0 Å². The molecule has 0 fully saturated rings. The Hall–Kier alpha value is -2.01. The molecule has 0 amide bonds. The van der Waals surface area contributed by atoms with Crippen molar-refractivity contribution in [1.82, 2.24) is 4.90 Å². The van der Waals surface area contributed by atoms with E-state index in [9.17, 15) is 4.79 Å². The van der Waals surface area contributed by atoms with Gasteiger partial charge in [0.05, 0.1) is 0 Å². The van der Waals surface area contributed by atoms with Crippen LogP contribution in [0, 0.1) is 0 Å². The van der Waals surface area contributed by atoms with Gasteiger partial charge < -0.3 is 14.6 Å². The molecule has 0 spiro atoms. The van der Waals surface area contributed by atoms with Gasteiger partial charge in [0.1, 0.15) is 0 Å². The van der Waals surface area contributed by atoms with Crippen molar-refractivity contribution in [3.63, 3.8) is 0 Å². The third-order valence-electron chi connectivity index (χ3n) is 2.57. The molecule has 1 aliphatic rings. The van der Waals surface area contributed by atoms with E-state index >= 15 is 0 Å². The Morgan fingerprint density at radius 2 is 2.22 bits per heavy atom. The molecule has 5 heteroatoms. The molecule has 0 saturated heterocycles. The average Bonchev–Trinajstić information content (AvgIpc) is 2.75. The number of carboxylic acid groups (broad SMARTS) is 1. The van der Waals surface area contributed by atoms with E-state index in [4.69, 9.17) is 14.6 Å². The average molecular weight is 249 g/mol. The van der Waals surface area contributed by atoms with Gasteiger partial charge >= 0.3 is 5.97 Å². The van der Waals surface area contributed by atoms with Crippen molar-refractivity contribution in [1.29, 1.82) is 0 Å². The summed E-state index contributed by atoms with van der Waals surface area (Å²) in [5, 5.41) is 8.49. The summed E-state index contributed by atoms with van der Waals surface area (Å²) in [7, 11) is 1.93. The van der Waals surface area contributed by atoms with Crippen LogP contribution >= 0.6 is 0 Å². The minimum Gasteiger partial charge on any atom is -0.478 e. The Labute approximate surface area is 105 Å². The van der Waals surface area contributed by atoms with E-state index in [1.54, 1.807) is 6.08 Å². The van der Waals surface area contributed by atoms with Crippen LogP contribution in [0.1, 0.15) is 5.56 Å². The molecule has 1 aliphatic heterocycles. The van der Waals surface area contributed by atoms with Crippen molar-refractivity contribution in [2.75, 3.05) is 20.4 Å². The fourth-order valence-electron chi connectivity index (χ4n) is 1.75. The van der Waals surface area contributed by atoms with Gasteiger partial charge in [-0.2, -0.15) is 0 Å². The van der Waals surface area contributed by atoms with Crippen molar-refractivity contribution < 1.29 is 19.4 Å². The van der Waals surface area contributed by atoms with Gasteiger partial charge in [-0.05, 0) is 24.7 Å². The molecule has 2 rings (SSSR count). The van der Waals surface area contributed by atoms with Gasteiger partial charge in [0.15, 0.2) is 11.5 Å². The predicted octanol–water partition coefficient (Wildman–Crippen LogP) is 1.49. The number of carbonyl (C=O) groups is 1. The molecule has 0 radical (unpaired) electrons. The summed E-state index contributed by atoms with van der Waals surface area (Å²) in [4.78, 5) is 12.3. The summed E-state index contributed by atoms with van der Waals surface area (Å²) in [5.41, 5.74) is 1.10. The lowest BCUT2D eigenvalue weighted by Crippen LogP contribution is -2.17. The third kappa shape index (κ3) is 3.24. The normalized spacial score (nSPS) is 13.4. The Morgan fingerprint density at radius 1 is 1.44 bits per heavy atom. The number of ether oxygens (including phenoxy) is 2. The van der Waals surface area contributed by atoms with E-state index in [1.807, 2.05) is 30.1 Å². The fraction of sp³-hybridized carbons (Fsp3) is 0.308. The number of hydrogen-bond donors (Lipinski definition) is 1. The largest absolute Gasteiger partial charge is 0.478 e. The maximum atomic E-state index is 10.3. The van der Waals surface area contributed by atoms with Gasteiger partial charge in [-0.3, -0.25) is 4.90 Å². The highest BCUT2D eigenvalue weighted by atomic mass is 16.7. The van der Waals surface area contributed by atoms with Crippen LogP contribution in [0.15, 0.2) is 30.4 Å². The van der Waals surface area contributed by atoms with Crippen molar-refractivity contribution in [3.05, 3.63) is 35.9 Å². The monoisotopic (exact) mass is 249 g/mol. The summed E-state index contributed by atoms with van der Waals surface area (Å²) < 4.78 is 10.5. The maximum absolute atomic E-state index is 10.3. The Morgan fingerprint density at radius 3 is 3.00 bits per heavy atom. The van der Waals surface area contributed by atoms with Crippen LogP contribution in [-0.2, 0) is 11.3 Å². The number of nitrogens with zero attached hydrogens (tertiary/aromatic N) is 1. The molecule has 96 valence electrons. The highest BCUT2D eigenvalue weighted by molar-refractivity contribution is 5.79. The number of fused-ring (bicyclic) bond motifs is 1. The maximum Gasteiger partial charge on any atom is 0.328 e. The molecule has 0 saturated carbocycles. The van der Waals surface area contributed by atoms with Crippen LogP contribution < -0.4 is 9.47 Å². The van der Waals surface area contributed by atoms with E-state index in [0.717, 1.165) is 29.7 Å². The standard InChI is InChI=1S/C13H15NO4/c1-14(6-2-3-13(15)16)8-10-4-5-11-12(7-10)18-9-17-11/h2-5,7H,6,8-9H2,1H3,(H,15,16)/b3-2+. The van der Waals surface area contributed by atoms with Gasteiger partial charge in [0, 0.05) is 19.2 Å². The number of carboxylic acids is 1. The minimum absolute atomic E-state index is 0.274. The quantitative estimate of drug-likeness (QED) is 0.801. The third-order valence-corrected chi connectivity index (χ3v) is 2.57. The molecule has 1 aromatic carbocycles. The summed E-state index contributed by atoms with van der Waals surface area (Å²) >= 11 is 0.